The van der Waals surface area contributed by atoms with Crippen LogP contribution in [0.25, 0.3) is 6.08 Å². The average Bonchev–Trinajstić information content (AvgIpc) is 2.22. The highest BCUT2D eigenvalue weighted by atomic mass is 16.4. The van der Waals surface area contributed by atoms with Crippen molar-refractivity contribution in [1.82, 2.24) is 0 Å². The highest BCUT2D eigenvalue weighted by molar-refractivity contribution is 5.71. The monoisotopic (exact) mass is 220 g/mol. The normalized spacial score (nSPS) is 10.5. The van der Waals surface area contributed by atoms with Gasteiger partial charge < -0.3 is 15.0 Å². The number of aromatic hydroxyl groups is 1. The number of phenolic OH excluding ortho intramolecular Hbond substituents is 1. The predicted molar refractivity (Wildman–Crippen MR) is 59.2 cm³/mol. The van der Waals surface area contributed by atoms with Crippen LogP contribution in [-0.4, -0.2) is 22.5 Å². The van der Waals surface area contributed by atoms with Crippen LogP contribution in [0.5, 0.6) is 5.75 Å². The van der Waals surface area contributed by atoms with Gasteiger partial charge in [-0.2, -0.15) is 0 Å². The summed E-state index contributed by atoms with van der Waals surface area (Å²) in [5.74, 6) is -0.857. The molecule has 0 aliphatic carbocycles. The fourth-order valence-corrected chi connectivity index (χ4v) is 1.27. The Morgan fingerprint density at radius 1 is 1.38 bits per heavy atom. The van der Waals surface area contributed by atoms with Crippen LogP contribution in [0.3, 0.4) is 0 Å². The van der Waals surface area contributed by atoms with Gasteiger partial charge in [0.2, 0.25) is 0 Å². The number of rotatable bonds is 5. The van der Waals surface area contributed by atoms with E-state index in [1.165, 1.54) is 6.07 Å². The van der Waals surface area contributed by atoms with Gasteiger partial charge in [-0.3, -0.25) is 4.79 Å². The minimum Gasteiger partial charge on any atom is -0.507 e. The van der Waals surface area contributed by atoms with E-state index in [1.54, 1.807) is 24.3 Å². The smallest absolute Gasteiger partial charge is 0.307 e. The molecule has 2 N–H and O–H groups in total. The Bertz CT molecular complexity index is 421. The molecule has 0 unspecified atom stereocenters. The van der Waals surface area contributed by atoms with Crippen molar-refractivity contribution >= 4 is 18.3 Å². The fraction of sp³-hybridized carbons (Fsp3) is 0.167. The Morgan fingerprint density at radius 3 is 2.75 bits per heavy atom. The van der Waals surface area contributed by atoms with E-state index < -0.39 is 5.97 Å². The molecule has 0 atom stereocenters. The van der Waals surface area contributed by atoms with Crippen LogP contribution in [-0.2, 0) is 16.0 Å². The minimum atomic E-state index is -0.923. The first-order chi connectivity index (χ1) is 7.63. The first kappa shape index (κ1) is 12.0. The lowest BCUT2D eigenvalue weighted by atomic mass is 10.1. The molecule has 1 aromatic carbocycles. The second kappa shape index (κ2) is 5.70. The number of allylic oxidation sites excluding steroid dienone is 1. The van der Waals surface area contributed by atoms with Gasteiger partial charge in [0.25, 0.3) is 0 Å². The topological polar surface area (TPSA) is 74.6 Å². The molecule has 4 heteroatoms. The van der Waals surface area contributed by atoms with Gasteiger partial charge in [-0.25, -0.2) is 0 Å². The summed E-state index contributed by atoms with van der Waals surface area (Å²) < 4.78 is 0. The molecule has 84 valence electrons. The Kier molecular flexibility index (Phi) is 4.27. The summed E-state index contributed by atoms with van der Waals surface area (Å²) in [7, 11) is 0. The van der Waals surface area contributed by atoms with Crippen LogP contribution in [0.2, 0.25) is 0 Å². The van der Waals surface area contributed by atoms with E-state index in [0.717, 1.165) is 6.29 Å². The number of aldehydes is 1. The van der Waals surface area contributed by atoms with Crippen LogP contribution in [0.1, 0.15) is 17.5 Å². The molecule has 16 heavy (non-hydrogen) atoms. The molecule has 1 aromatic rings. The van der Waals surface area contributed by atoms with E-state index in [9.17, 15) is 14.7 Å². The van der Waals surface area contributed by atoms with E-state index in [2.05, 4.69) is 0 Å². The highest BCUT2D eigenvalue weighted by Gasteiger charge is 2.03. The van der Waals surface area contributed by atoms with Crippen molar-refractivity contribution in [2.75, 3.05) is 0 Å². The maximum Gasteiger partial charge on any atom is 0.307 e. The van der Waals surface area contributed by atoms with Crippen molar-refractivity contribution in [1.29, 1.82) is 0 Å². The van der Waals surface area contributed by atoms with Gasteiger partial charge in [-0.05, 0) is 17.7 Å². The lowest BCUT2D eigenvalue weighted by Gasteiger charge is -2.02. The van der Waals surface area contributed by atoms with E-state index in [-0.39, 0.29) is 18.6 Å². The van der Waals surface area contributed by atoms with Crippen molar-refractivity contribution in [3.8, 4) is 5.75 Å². The maximum absolute atomic E-state index is 10.5. The first-order valence-electron chi connectivity index (χ1n) is 4.77. The van der Waals surface area contributed by atoms with Crippen molar-refractivity contribution < 1.29 is 19.8 Å². The highest BCUT2D eigenvalue weighted by Crippen LogP contribution is 2.20. The zero-order valence-electron chi connectivity index (χ0n) is 8.59. The number of aliphatic carboxylic acids is 1. The van der Waals surface area contributed by atoms with Crippen molar-refractivity contribution in [3.63, 3.8) is 0 Å². The lowest BCUT2D eigenvalue weighted by molar-refractivity contribution is -0.136. The molecule has 0 aromatic heterocycles. The van der Waals surface area contributed by atoms with Crippen LogP contribution >= 0.6 is 0 Å². The minimum absolute atomic E-state index is 0.0660. The summed E-state index contributed by atoms with van der Waals surface area (Å²) in [5.41, 5.74) is 1.12. The SMILES string of the molecule is O=CCC=Cc1cc(CC(=O)O)ccc1O. The third kappa shape index (κ3) is 3.57. The third-order valence-corrected chi connectivity index (χ3v) is 1.98. The quantitative estimate of drug-likeness (QED) is 0.739. The van der Waals surface area contributed by atoms with Gasteiger partial charge in [-0.1, -0.05) is 18.2 Å². The summed E-state index contributed by atoms with van der Waals surface area (Å²) in [6.07, 6.45) is 4.12. The standard InChI is InChI=1S/C12H12O4/c13-6-2-1-3-10-7-9(8-12(15)16)4-5-11(10)14/h1,3-7,14H,2,8H2,(H,15,16). The molecule has 0 aliphatic heterocycles. The molecule has 0 saturated heterocycles. The number of phenols is 1. The molecule has 0 fully saturated rings. The molecule has 1 rings (SSSR count). The number of carbonyl (C=O) groups is 2. The molecule has 0 radical (unpaired) electrons. The van der Waals surface area contributed by atoms with E-state index >= 15 is 0 Å². The van der Waals surface area contributed by atoms with Crippen LogP contribution in [0, 0.1) is 0 Å². The lowest BCUT2D eigenvalue weighted by Crippen LogP contribution is -1.99. The number of carbonyl (C=O) groups excluding carboxylic acids is 1. The molecule has 0 heterocycles. The molecular weight excluding hydrogens is 208 g/mol. The van der Waals surface area contributed by atoms with Crippen molar-refractivity contribution in [2.45, 2.75) is 12.8 Å². The molecule has 0 aliphatic rings. The summed E-state index contributed by atoms with van der Waals surface area (Å²) in [4.78, 5) is 20.6. The second-order valence-corrected chi connectivity index (χ2v) is 3.27. The van der Waals surface area contributed by atoms with E-state index in [4.69, 9.17) is 5.11 Å². The second-order valence-electron chi connectivity index (χ2n) is 3.27. The van der Waals surface area contributed by atoms with E-state index in [0.29, 0.717) is 11.1 Å². The van der Waals surface area contributed by atoms with Gasteiger partial charge in [-0.15, -0.1) is 0 Å². The number of hydrogen-bond acceptors (Lipinski definition) is 3. The van der Waals surface area contributed by atoms with E-state index in [1.807, 2.05) is 0 Å². The number of hydrogen-bond donors (Lipinski definition) is 2. The molecule has 0 saturated carbocycles. The molecular formula is C12H12O4. The van der Waals surface area contributed by atoms with Gasteiger partial charge in [0, 0.05) is 12.0 Å². The Morgan fingerprint density at radius 2 is 2.12 bits per heavy atom. The fourth-order valence-electron chi connectivity index (χ4n) is 1.27. The third-order valence-electron chi connectivity index (χ3n) is 1.98. The van der Waals surface area contributed by atoms with Crippen molar-refractivity contribution in [3.05, 3.63) is 35.4 Å². The summed E-state index contributed by atoms with van der Waals surface area (Å²) in [6.45, 7) is 0. The molecule has 4 nitrogen and oxygen atoms in total. The van der Waals surface area contributed by atoms with Crippen molar-refractivity contribution in [2.24, 2.45) is 0 Å². The Labute approximate surface area is 92.8 Å². The average molecular weight is 220 g/mol. The van der Waals surface area contributed by atoms with Gasteiger partial charge in [0.05, 0.1) is 6.42 Å². The van der Waals surface area contributed by atoms with Crippen LogP contribution < -0.4 is 0 Å². The predicted octanol–water partition coefficient (Wildman–Crippen LogP) is 1.62. The van der Waals surface area contributed by atoms with Crippen LogP contribution in [0.4, 0.5) is 0 Å². The maximum atomic E-state index is 10.5. The van der Waals surface area contributed by atoms with Gasteiger partial charge in [0.15, 0.2) is 0 Å². The van der Waals surface area contributed by atoms with Gasteiger partial charge >= 0.3 is 5.97 Å². The number of carboxylic acid groups (broad SMARTS) is 1. The number of benzene rings is 1. The Hall–Kier alpha value is -2.10. The summed E-state index contributed by atoms with van der Waals surface area (Å²) in [5, 5.41) is 18.1. The van der Waals surface area contributed by atoms with Crippen LogP contribution in [0.15, 0.2) is 24.3 Å². The zero-order chi connectivity index (χ0) is 12.0. The summed E-state index contributed by atoms with van der Waals surface area (Å²) in [6, 6.07) is 4.59. The molecule has 0 bridgehead atoms. The Balaban J connectivity index is 2.89. The molecule has 0 amide bonds. The molecule has 0 spiro atoms. The largest absolute Gasteiger partial charge is 0.507 e. The van der Waals surface area contributed by atoms with Gasteiger partial charge in [0.1, 0.15) is 12.0 Å². The number of carboxylic acids is 1. The summed E-state index contributed by atoms with van der Waals surface area (Å²) >= 11 is 0. The first-order valence-corrected chi connectivity index (χ1v) is 4.77. The zero-order valence-corrected chi connectivity index (χ0v) is 8.59.